The van der Waals surface area contributed by atoms with Gasteiger partial charge in [-0.05, 0) is 37.9 Å². The predicted octanol–water partition coefficient (Wildman–Crippen LogP) is 2.80. The fraction of sp³-hybridized carbons (Fsp3) is 0.647. The Balaban J connectivity index is 1.93. The van der Waals surface area contributed by atoms with E-state index in [4.69, 9.17) is 4.74 Å². The molecule has 1 aromatic carbocycles. The molecular formula is C17H28N2O. The van der Waals surface area contributed by atoms with Crippen LogP contribution in [0.1, 0.15) is 38.3 Å². The Morgan fingerprint density at radius 1 is 1.30 bits per heavy atom. The van der Waals surface area contributed by atoms with E-state index in [1.165, 1.54) is 17.5 Å². The van der Waals surface area contributed by atoms with Crippen molar-refractivity contribution in [3.05, 3.63) is 35.4 Å². The predicted molar refractivity (Wildman–Crippen MR) is 83.7 cm³/mol. The zero-order valence-corrected chi connectivity index (χ0v) is 13.1. The summed E-state index contributed by atoms with van der Waals surface area (Å²) in [5.41, 5.74) is 2.78. The number of hydrogen-bond donors (Lipinski definition) is 1. The van der Waals surface area contributed by atoms with Crippen LogP contribution in [0.4, 0.5) is 0 Å². The van der Waals surface area contributed by atoms with Crippen LogP contribution in [0.2, 0.25) is 0 Å². The van der Waals surface area contributed by atoms with E-state index in [2.05, 4.69) is 55.3 Å². The average molecular weight is 276 g/mol. The first-order valence-corrected chi connectivity index (χ1v) is 7.83. The number of benzene rings is 1. The van der Waals surface area contributed by atoms with Gasteiger partial charge in [-0.25, -0.2) is 0 Å². The molecular weight excluding hydrogens is 248 g/mol. The molecule has 0 aromatic heterocycles. The smallest absolute Gasteiger partial charge is 0.0674 e. The lowest BCUT2D eigenvalue weighted by molar-refractivity contribution is -0.0526. The maximum absolute atomic E-state index is 5.70. The van der Waals surface area contributed by atoms with Crippen LogP contribution in [-0.2, 0) is 17.8 Å². The summed E-state index contributed by atoms with van der Waals surface area (Å²) in [7, 11) is 0. The van der Waals surface area contributed by atoms with Crippen LogP contribution >= 0.6 is 0 Å². The van der Waals surface area contributed by atoms with E-state index in [1.54, 1.807) is 0 Å². The van der Waals surface area contributed by atoms with Crippen LogP contribution in [0.5, 0.6) is 0 Å². The lowest BCUT2D eigenvalue weighted by Gasteiger charge is -2.36. The molecule has 0 spiro atoms. The molecule has 1 fully saturated rings. The first-order valence-electron chi connectivity index (χ1n) is 7.83. The minimum absolute atomic E-state index is 0.348. The van der Waals surface area contributed by atoms with Gasteiger partial charge in [0.15, 0.2) is 0 Å². The summed E-state index contributed by atoms with van der Waals surface area (Å²) in [6, 6.07) is 9.45. The molecule has 1 aliphatic heterocycles. The normalized spacial score (nSPS) is 23.9. The van der Waals surface area contributed by atoms with Crippen LogP contribution in [0.3, 0.4) is 0 Å². The third kappa shape index (κ3) is 4.58. The molecule has 20 heavy (non-hydrogen) atoms. The van der Waals surface area contributed by atoms with Gasteiger partial charge in [-0.3, -0.25) is 4.90 Å². The molecule has 0 bridgehead atoms. The summed E-state index contributed by atoms with van der Waals surface area (Å²) in [5.74, 6) is 0. The highest BCUT2D eigenvalue weighted by Crippen LogP contribution is 2.16. The third-order valence-electron chi connectivity index (χ3n) is 3.87. The Bertz CT molecular complexity index is 408. The number of nitrogens with one attached hydrogen (secondary N) is 1. The topological polar surface area (TPSA) is 24.5 Å². The van der Waals surface area contributed by atoms with Gasteiger partial charge in [0.05, 0.1) is 12.7 Å². The first-order chi connectivity index (χ1) is 9.69. The fourth-order valence-corrected chi connectivity index (χ4v) is 2.67. The van der Waals surface area contributed by atoms with Crippen LogP contribution < -0.4 is 5.32 Å². The molecule has 0 aliphatic carbocycles. The van der Waals surface area contributed by atoms with Crippen molar-refractivity contribution in [3.8, 4) is 0 Å². The molecule has 2 atom stereocenters. The summed E-state index contributed by atoms with van der Waals surface area (Å²) in [6.45, 7) is 11.6. The molecule has 112 valence electrons. The minimum Gasteiger partial charge on any atom is -0.376 e. The van der Waals surface area contributed by atoms with Crippen LogP contribution in [-0.4, -0.2) is 36.7 Å². The van der Waals surface area contributed by atoms with Gasteiger partial charge in [0, 0.05) is 25.7 Å². The molecule has 3 heteroatoms. The van der Waals surface area contributed by atoms with Crippen LogP contribution in [0.25, 0.3) is 0 Å². The van der Waals surface area contributed by atoms with Gasteiger partial charge >= 0.3 is 0 Å². The van der Waals surface area contributed by atoms with Crippen molar-refractivity contribution in [1.29, 1.82) is 0 Å². The van der Waals surface area contributed by atoms with Gasteiger partial charge in [0.25, 0.3) is 0 Å². The SMILES string of the molecule is CCCNCc1cccc(CN2CC(C)OCC2C)c1. The molecule has 1 saturated heterocycles. The van der Waals surface area contributed by atoms with Crippen LogP contribution in [0, 0.1) is 0 Å². The molecule has 1 aliphatic rings. The first kappa shape index (κ1) is 15.5. The Morgan fingerprint density at radius 3 is 2.90 bits per heavy atom. The number of hydrogen-bond acceptors (Lipinski definition) is 3. The second kappa shape index (κ2) is 7.77. The van der Waals surface area contributed by atoms with E-state index < -0.39 is 0 Å². The fourth-order valence-electron chi connectivity index (χ4n) is 2.67. The van der Waals surface area contributed by atoms with Crippen molar-refractivity contribution in [1.82, 2.24) is 10.2 Å². The Kier molecular flexibility index (Phi) is 6.02. The highest BCUT2D eigenvalue weighted by atomic mass is 16.5. The largest absolute Gasteiger partial charge is 0.376 e. The Labute approximate surface area is 123 Å². The van der Waals surface area contributed by atoms with Gasteiger partial charge < -0.3 is 10.1 Å². The zero-order chi connectivity index (χ0) is 14.4. The monoisotopic (exact) mass is 276 g/mol. The second-order valence-electron chi connectivity index (χ2n) is 5.92. The van der Waals surface area contributed by atoms with Gasteiger partial charge in [-0.15, -0.1) is 0 Å². The summed E-state index contributed by atoms with van der Waals surface area (Å²) < 4.78 is 5.70. The Morgan fingerprint density at radius 2 is 2.10 bits per heavy atom. The number of rotatable bonds is 6. The van der Waals surface area contributed by atoms with E-state index in [1.807, 2.05) is 0 Å². The summed E-state index contributed by atoms with van der Waals surface area (Å²) in [4.78, 5) is 2.52. The van der Waals surface area contributed by atoms with Crippen molar-refractivity contribution in [2.24, 2.45) is 0 Å². The second-order valence-corrected chi connectivity index (χ2v) is 5.92. The summed E-state index contributed by atoms with van der Waals surface area (Å²) in [6.07, 6.45) is 1.53. The number of morpholine rings is 1. The van der Waals surface area contributed by atoms with Crippen molar-refractivity contribution in [2.45, 2.75) is 52.4 Å². The molecule has 1 aromatic rings. The van der Waals surface area contributed by atoms with Crippen molar-refractivity contribution in [2.75, 3.05) is 19.7 Å². The molecule has 0 amide bonds. The molecule has 2 unspecified atom stereocenters. The van der Waals surface area contributed by atoms with Gasteiger partial charge in [-0.2, -0.15) is 0 Å². The molecule has 3 nitrogen and oxygen atoms in total. The van der Waals surface area contributed by atoms with Crippen molar-refractivity contribution < 1.29 is 4.74 Å². The molecule has 1 N–H and O–H groups in total. The zero-order valence-electron chi connectivity index (χ0n) is 13.1. The summed E-state index contributed by atoms with van der Waals surface area (Å²) in [5, 5.41) is 3.46. The van der Waals surface area contributed by atoms with E-state index in [0.717, 1.165) is 32.8 Å². The van der Waals surface area contributed by atoms with E-state index >= 15 is 0 Å². The van der Waals surface area contributed by atoms with Gasteiger partial charge in [-0.1, -0.05) is 31.2 Å². The standard InChI is InChI=1S/C17H28N2O/c1-4-8-18-10-16-6-5-7-17(9-16)12-19-11-15(3)20-13-14(19)2/h5-7,9,14-15,18H,4,8,10-13H2,1-3H3. The molecule has 0 radical (unpaired) electrons. The van der Waals surface area contributed by atoms with Crippen LogP contribution in [0.15, 0.2) is 24.3 Å². The quantitative estimate of drug-likeness (QED) is 0.809. The number of nitrogens with zero attached hydrogens (tertiary/aromatic N) is 1. The van der Waals surface area contributed by atoms with E-state index in [-0.39, 0.29) is 0 Å². The minimum atomic E-state index is 0.348. The van der Waals surface area contributed by atoms with Gasteiger partial charge in [0.1, 0.15) is 0 Å². The van der Waals surface area contributed by atoms with Crippen molar-refractivity contribution in [3.63, 3.8) is 0 Å². The maximum atomic E-state index is 5.70. The van der Waals surface area contributed by atoms with E-state index in [0.29, 0.717) is 12.1 Å². The highest BCUT2D eigenvalue weighted by molar-refractivity contribution is 5.23. The van der Waals surface area contributed by atoms with Gasteiger partial charge in [0.2, 0.25) is 0 Å². The Hall–Kier alpha value is -0.900. The molecule has 2 rings (SSSR count). The lowest BCUT2D eigenvalue weighted by Crippen LogP contribution is -2.46. The van der Waals surface area contributed by atoms with Crippen molar-refractivity contribution >= 4 is 0 Å². The molecule has 0 saturated carbocycles. The van der Waals surface area contributed by atoms with E-state index in [9.17, 15) is 0 Å². The maximum Gasteiger partial charge on any atom is 0.0674 e. The average Bonchev–Trinajstić information content (AvgIpc) is 2.44. The lowest BCUT2D eigenvalue weighted by atomic mass is 10.1. The molecule has 1 heterocycles. The highest BCUT2D eigenvalue weighted by Gasteiger charge is 2.23. The number of ether oxygens (including phenoxy) is 1. The third-order valence-corrected chi connectivity index (χ3v) is 3.87. The summed E-state index contributed by atoms with van der Waals surface area (Å²) >= 11 is 0.